The molecule has 1 amide bonds. The third kappa shape index (κ3) is 2.89. The largest absolute Gasteiger partial charge is 0.299 e. The lowest BCUT2D eigenvalue weighted by atomic mass is 9.96. The van der Waals surface area contributed by atoms with E-state index in [9.17, 15) is 4.79 Å². The van der Waals surface area contributed by atoms with E-state index in [-0.39, 0.29) is 0 Å². The van der Waals surface area contributed by atoms with Crippen LogP contribution in [0.25, 0.3) is 0 Å². The quantitative estimate of drug-likeness (QED) is 0.621. The number of carbonyl (C=O) groups is 1. The van der Waals surface area contributed by atoms with Gasteiger partial charge in [-0.15, -0.1) is 0 Å². The molecule has 4 heteroatoms. The molecular weight excluding hydrogens is 228 g/mol. The fourth-order valence-corrected chi connectivity index (χ4v) is 2.46. The van der Waals surface area contributed by atoms with E-state index in [0.717, 1.165) is 32.5 Å². The van der Waals surface area contributed by atoms with Crippen LogP contribution in [0.1, 0.15) is 41.3 Å². The highest BCUT2D eigenvalue weighted by molar-refractivity contribution is 5.93. The summed E-state index contributed by atoms with van der Waals surface area (Å²) in [6.45, 7) is 5.33. The number of nitrogens with zero attached hydrogens (tertiary/aromatic N) is 1. The molecule has 2 rings (SSSR count). The Kier molecular flexibility index (Phi) is 4.33. The van der Waals surface area contributed by atoms with Crippen molar-refractivity contribution >= 4 is 5.91 Å². The first-order valence-corrected chi connectivity index (χ1v) is 6.53. The zero-order valence-electron chi connectivity index (χ0n) is 10.8. The predicted molar refractivity (Wildman–Crippen MR) is 69.6 cm³/mol. The average Bonchev–Trinajstić information content (AvgIpc) is 2.38. The van der Waals surface area contributed by atoms with E-state index in [4.69, 9.17) is 5.21 Å². The number of aryl methyl sites for hydroxylation is 1. The van der Waals surface area contributed by atoms with E-state index < -0.39 is 5.91 Å². The second-order valence-corrected chi connectivity index (χ2v) is 4.75. The lowest BCUT2D eigenvalue weighted by Gasteiger charge is -2.25. The summed E-state index contributed by atoms with van der Waals surface area (Å²) in [5.41, 5.74) is 4.74. The number of benzene rings is 1. The van der Waals surface area contributed by atoms with Crippen molar-refractivity contribution in [3.63, 3.8) is 0 Å². The molecule has 4 nitrogen and oxygen atoms in total. The van der Waals surface area contributed by atoms with Crippen molar-refractivity contribution in [3.05, 3.63) is 34.9 Å². The summed E-state index contributed by atoms with van der Waals surface area (Å²) >= 11 is 0. The number of amides is 1. The molecule has 0 unspecified atom stereocenters. The van der Waals surface area contributed by atoms with Crippen LogP contribution in [0.3, 0.4) is 0 Å². The smallest absolute Gasteiger partial charge is 0.274 e. The standard InChI is InChI=1S/C14H20N2O2/c1-2-16-8-4-3-5-11-9-12(14(17)15-18)6-7-13(11)10-16/h6-7,9,18H,2-5,8,10H2,1H3,(H,15,17). The number of nitrogens with one attached hydrogen (secondary N) is 1. The summed E-state index contributed by atoms with van der Waals surface area (Å²) in [6, 6.07) is 5.69. The van der Waals surface area contributed by atoms with Gasteiger partial charge >= 0.3 is 0 Å². The Morgan fingerprint density at radius 3 is 2.94 bits per heavy atom. The molecule has 98 valence electrons. The minimum absolute atomic E-state index is 0.438. The highest BCUT2D eigenvalue weighted by atomic mass is 16.5. The number of rotatable bonds is 2. The fourth-order valence-electron chi connectivity index (χ4n) is 2.46. The van der Waals surface area contributed by atoms with E-state index in [1.807, 2.05) is 12.1 Å². The third-order valence-corrected chi connectivity index (χ3v) is 3.58. The summed E-state index contributed by atoms with van der Waals surface area (Å²) in [6.07, 6.45) is 3.36. The molecule has 0 saturated carbocycles. The Bertz CT molecular complexity index is 432. The molecule has 1 aromatic rings. The van der Waals surface area contributed by atoms with E-state index >= 15 is 0 Å². The number of hydrogen-bond donors (Lipinski definition) is 2. The molecule has 0 aromatic heterocycles. The molecule has 0 fully saturated rings. The van der Waals surface area contributed by atoms with Crippen molar-refractivity contribution in [2.75, 3.05) is 13.1 Å². The van der Waals surface area contributed by atoms with Crippen LogP contribution in [-0.4, -0.2) is 29.1 Å². The van der Waals surface area contributed by atoms with Gasteiger partial charge in [-0.05, 0) is 55.6 Å². The molecule has 1 aromatic carbocycles. The second kappa shape index (κ2) is 5.98. The first-order valence-electron chi connectivity index (χ1n) is 6.53. The van der Waals surface area contributed by atoms with Gasteiger partial charge in [-0.2, -0.15) is 0 Å². The monoisotopic (exact) mass is 248 g/mol. The van der Waals surface area contributed by atoms with Crippen LogP contribution >= 0.6 is 0 Å². The predicted octanol–water partition coefficient (Wildman–Crippen LogP) is 1.96. The maximum atomic E-state index is 11.4. The van der Waals surface area contributed by atoms with E-state index in [0.29, 0.717) is 5.56 Å². The highest BCUT2D eigenvalue weighted by Gasteiger charge is 2.14. The fraction of sp³-hybridized carbons (Fsp3) is 0.500. The Morgan fingerprint density at radius 2 is 2.22 bits per heavy atom. The number of carbonyl (C=O) groups excluding carboxylic acids is 1. The summed E-state index contributed by atoms with van der Waals surface area (Å²) in [5.74, 6) is -0.438. The lowest BCUT2D eigenvalue weighted by molar-refractivity contribution is 0.0706. The zero-order chi connectivity index (χ0) is 13.0. The molecule has 1 aliphatic heterocycles. The highest BCUT2D eigenvalue weighted by Crippen LogP contribution is 2.20. The first kappa shape index (κ1) is 13.1. The summed E-state index contributed by atoms with van der Waals surface area (Å²) < 4.78 is 0. The van der Waals surface area contributed by atoms with Gasteiger partial charge in [0, 0.05) is 12.1 Å². The minimum atomic E-state index is -0.438. The maximum absolute atomic E-state index is 11.4. The molecular formula is C14H20N2O2. The summed E-state index contributed by atoms with van der Waals surface area (Å²) in [4.78, 5) is 13.8. The van der Waals surface area contributed by atoms with Gasteiger partial charge in [0.05, 0.1) is 0 Å². The van der Waals surface area contributed by atoms with Crippen LogP contribution in [0.15, 0.2) is 18.2 Å². The van der Waals surface area contributed by atoms with E-state index in [1.54, 1.807) is 11.5 Å². The topological polar surface area (TPSA) is 52.6 Å². The van der Waals surface area contributed by atoms with Crippen molar-refractivity contribution in [3.8, 4) is 0 Å². The third-order valence-electron chi connectivity index (χ3n) is 3.58. The van der Waals surface area contributed by atoms with Crippen molar-refractivity contribution in [1.82, 2.24) is 10.4 Å². The zero-order valence-corrected chi connectivity index (χ0v) is 10.8. The molecule has 2 N–H and O–H groups in total. The molecule has 0 spiro atoms. The van der Waals surface area contributed by atoms with Gasteiger partial charge in [0.2, 0.25) is 0 Å². The lowest BCUT2D eigenvalue weighted by Crippen LogP contribution is -2.26. The average molecular weight is 248 g/mol. The number of hydrogen-bond acceptors (Lipinski definition) is 3. The molecule has 18 heavy (non-hydrogen) atoms. The van der Waals surface area contributed by atoms with Gasteiger partial charge in [0.15, 0.2) is 0 Å². The second-order valence-electron chi connectivity index (χ2n) is 4.75. The van der Waals surface area contributed by atoms with Crippen LogP contribution in [0.2, 0.25) is 0 Å². The van der Waals surface area contributed by atoms with Gasteiger partial charge in [0.1, 0.15) is 0 Å². The Hall–Kier alpha value is -1.39. The molecule has 0 radical (unpaired) electrons. The first-order chi connectivity index (χ1) is 8.74. The van der Waals surface area contributed by atoms with E-state index in [2.05, 4.69) is 11.8 Å². The van der Waals surface area contributed by atoms with E-state index in [1.165, 1.54) is 17.5 Å². The summed E-state index contributed by atoms with van der Waals surface area (Å²) in [5, 5.41) is 8.67. The molecule has 0 atom stereocenters. The van der Waals surface area contributed by atoms with Crippen LogP contribution in [0, 0.1) is 0 Å². The molecule has 0 saturated heterocycles. The van der Waals surface area contributed by atoms with Gasteiger partial charge in [-0.25, -0.2) is 5.48 Å². The van der Waals surface area contributed by atoms with Crippen LogP contribution in [0.5, 0.6) is 0 Å². The minimum Gasteiger partial charge on any atom is -0.299 e. The Balaban J connectivity index is 2.27. The maximum Gasteiger partial charge on any atom is 0.274 e. The normalized spacial score (nSPS) is 16.6. The van der Waals surface area contributed by atoms with Crippen LogP contribution in [-0.2, 0) is 13.0 Å². The SMILES string of the molecule is CCN1CCCCc2cc(C(=O)NO)ccc2C1. The Labute approximate surface area is 108 Å². The van der Waals surface area contributed by atoms with Crippen molar-refractivity contribution in [1.29, 1.82) is 0 Å². The number of fused-ring (bicyclic) bond motifs is 1. The molecule has 0 bridgehead atoms. The number of hydroxylamine groups is 1. The van der Waals surface area contributed by atoms with Crippen LogP contribution < -0.4 is 5.48 Å². The molecule has 1 aliphatic rings. The van der Waals surface area contributed by atoms with Crippen molar-refractivity contribution in [2.24, 2.45) is 0 Å². The van der Waals surface area contributed by atoms with Crippen molar-refractivity contribution in [2.45, 2.75) is 32.7 Å². The van der Waals surface area contributed by atoms with Gasteiger partial charge in [-0.1, -0.05) is 13.0 Å². The molecule has 0 aliphatic carbocycles. The van der Waals surface area contributed by atoms with Crippen LogP contribution in [0.4, 0.5) is 0 Å². The molecule has 1 heterocycles. The Morgan fingerprint density at radius 1 is 1.39 bits per heavy atom. The van der Waals surface area contributed by atoms with Crippen molar-refractivity contribution < 1.29 is 10.0 Å². The summed E-state index contributed by atoms with van der Waals surface area (Å²) in [7, 11) is 0. The van der Waals surface area contributed by atoms with Gasteiger partial charge in [0.25, 0.3) is 5.91 Å². The van der Waals surface area contributed by atoms with Gasteiger partial charge < -0.3 is 0 Å². The van der Waals surface area contributed by atoms with Gasteiger partial charge in [-0.3, -0.25) is 14.9 Å².